The van der Waals surface area contributed by atoms with Crippen LogP contribution in [0.1, 0.15) is 118 Å². The molecule has 0 bridgehead atoms. The van der Waals surface area contributed by atoms with Gasteiger partial charge in [0, 0.05) is 61.6 Å². The lowest BCUT2D eigenvalue weighted by atomic mass is 9.66. The van der Waals surface area contributed by atoms with E-state index in [4.69, 9.17) is 9.47 Å². The lowest BCUT2D eigenvalue weighted by Gasteiger charge is -2.50. The number of nitrogens with one attached hydrogen (secondary N) is 3. The summed E-state index contributed by atoms with van der Waals surface area (Å²) in [6.07, 6.45) is 13.7. The van der Waals surface area contributed by atoms with Crippen molar-refractivity contribution in [2.75, 3.05) is 49.6 Å². The Kier molecular flexibility index (Phi) is 13.3. The average Bonchev–Trinajstić information content (AvgIpc) is 3.80. The third kappa shape index (κ3) is 10.3. The number of benzene rings is 2. The van der Waals surface area contributed by atoms with E-state index in [1.54, 1.807) is 31.3 Å². The van der Waals surface area contributed by atoms with Gasteiger partial charge in [0.1, 0.15) is 22.0 Å². The van der Waals surface area contributed by atoms with Crippen LogP contribution >= 0.6 is 0 Å². The number of nitrogens with zero attached hydrogens (tertiary/aromatic N) is 5. The van der Waals surface area contributed by atoms with Gasteiger partial charge < -0.3 is 29.8 Å². The summed E-state index contributed by atoms with van der Waals surface area (Å²) >= 11 is 0. The number of fused-ring (bicyclic) bond motifs is 1. The summed E-state index contributed by atoms with van der Waals surface area (Å²) in [6, 6.07) is 19.3. The maximum Gasteiger partial charge on any atom is 0.312 e. The van der Waals surface area contributed by atoms with Gasteiger partial charge in [0.2, 0.25) is 5.82 Å². The summed E-state index contributed by atoms with van der Waals surface area (Å²) in [5.74, 6) is 0.0486. The Hall–Kier alpha value is -5.62. The number of hydrogen-bond acceptors (Lipinski definition) is 13. The van der Waals surface area contributed by atoms with Crippen LogP contribution < -0.4 is 19.7 Å². The lowest BCUT2D eigenvalue weighted by Crippen LogP contribution is -2.50. The maximum atomic E-state index is 14.0. The molecule has 3 aromatic heterocycles. The van der Waals surface area contributed by atoms with Crippen LogP contribution in [0.15, 0.2) is 84.1 Å². The van der Waals surface area contributed by atoms with Gasteiger partial charge in [0.15, 0.2) is 0 Å². The predicted molar refractivity (Wildman–Crippen MR) is 256 cm³/mol. The molecular formula is C50H62N8O8S. The van der Waals surface area contributed by atoms with Gasteiger partial charge in [-0.3, -0.25) is 19.8 Å². The van der Waals surface area contributed by atoms with Crippen LogP contribution in [0.25, 0.3) is 11.0 Å². The number of carbonyl (C=O) groups is 1. The molecule has 0 unspecified atom stereocenters. The topological polar surface area (TPSA) is 205 Å². The molecule has 2 aliphatic carbocycles. The van der Waals surface area contributed by atoms with Crippen LogP contribution in [-0.4, -0.2) is 95.2 Å². The zero-order valence-corrected chi connectivity index (χ0v) is 39.4. The Bertz CT molecular complexity index is 2700. The molecule has 17 heteroatoms. The minimum Gasteiger partial charge on any atom is -0.455 e. The number of aromatic nitrogens is 3. The van der Waals surface area contributed by atoms with Gasteiger partial charge in [-0.1, -0.05) is 38.1 Å². The zero-order chi connectivity index (χ0) is 46.9. The van der Waals surface area contributed by atoms with E-state index in [9.17, 15) is 28.4 Å². The number of amides is 1. The first kappa shape index (κ1) is 46.5. The van der Waals surface area contributed by atoms with Crippen LogP contribution in [-0.2, 0) is 14.8 Å². The largest absolute Gasteiger partial charge is 0.455 e. The Morgan fingerprint density at radius 3 is 2.49 bits per heavy atom. The van der Waals surface area contributed by atoms with Crippen molar-refractivity contribution in [2.45, 2.75) is 113 Å². The summed E-state index contributed by atoms with van der Waals surface area (Å²) in [7, 11) is -4.63. The Morgan fingerprint density at radius 2 is 1.75 bits per heavy atom. The molecule has 356 valence electrons. The van der Waals surface area contributed by atoms with Gasteiger partial charge in [-0.05, 0) is 124 Å². The van der Waals surface area contributed by atoms with Gasteiger partial charge in [0.05, 0.1) is 47.7 Å². The number of hydrogen-bond donors (Lipinski definition) is 4. The zero-order valence-electron chi connectivity index (χ0n) is 38.6. The summed E-state index contributed by atoms with van der Waals surface area (Å²) in [4.78, 5) is 41.5. The molecule has 5 heterocycles. The van der Waals surface area contributed by atoms with Crippen LogP contribution in [0.5, 0.6) is 11.5 Å². The lowest BCUT2D eigenvalue weighted by molar-refractivity contribution is -0.384. The molecule has 5 aromatic rings. The number of H-pyrrole nitrogens is 1. The smallest absolute Gasteiger partial charge is 0.312 e. The van der Waals surface area contributed by atoms with Crippen LogP contribution in [0, 0.1) is 21.4 Å². The quantitative estimate of drug-likeness (QED) is 0.0644. The van der Waals surface area contributed by atoms with E-state index < -0.39 is 37.0 Å². The monoisotopic (exact) mass is 934 g/mol. The van der Waals surface area contributed by atoms with Gasteiger partial charge in [-0.2, -0.15) is 0 Å². The van der Waals surface area contributed by atoms with Crippen molar-refractivity contribution in [2.24, 2.45) is 11.3 Å². The van der Waals surface area contributed by atoms with E-state index in [2.05, 4.69) is 72.9 Å². The molecule has 4 aliphatic rings. The molecule has 2 aliphatic heterocycles. The summed E-state index contributed by atoms with van der Waals surface area (Å²) < 4.78 is 42.0. The van der Waals surface area contributed by atoms with Crippen LogP contribution in [0.3, 0.4) is 0 Å². The number of sulfonamides is 1. The van der Waals surface area contributed by atoms with Crippen LogP contribution in [0.4, 0.5) is 17.2 Å². The Balaban J connectivity index is 0.889. The molecule has 4 N–H and O–H groups in total. The fraction of sp³-hybridized carbons (Fsp3) is 0.500. The van der Waals surface area contributed by atoms with Crippen LogP contribution in [0.2, 0.25) is 0 Å². The number of aromatic amines is 1. The average molecular weight is 935 g/mol. The van der Waals surface area contributed by atoms with Crippen molar-refractivity contribution >= 4 is 44.2 Å². The molecule has 1 atom stereocenters. The number of piperidine rings is 1. The van der Waals surface area contributed by atoms with E-state index in [0.29, 0.717) is 42.7 Å². The van der Waals surface area contributed by atoms with E-state index in [1.165, 1.54) is 30.2 Å². The van der Waals surface area contributed by atoms with Crippen molar-refractivity contribution in [1.82, 2.24) is 24.6 Å². The Morgan fingerprint density at radius 1 is 0.985 bits per heavy atom. The Labute approximate surface area is 392 Å². The molecule has 4 fully saturated rings. The number of anilines is 2. The van der Waals surface area contributed by atoms with Gasteiger partial charge in [0.25, 0.3) is 15.9 Å². The second kappa shape index (κ2) is 19.2. The molecule has 1 spiro atoms. The van der Waals surface area contributed by atoms with Crippen molar-refractivity contribution in [3.05, 3.63) is 106 Å². The second-order valence-electron chi connectivity index (χ2n) is 19.8. The molecular weight excluding hydrogens is 873 g/mol. The van der Waals surface area contributed by atoms with Gasteiger partial charge >= 0.3 is 5.69 Å². The van der Waals surface area contributed by atoms with Crippen molar-refractivity contribution < 1.29 is 32.7 Å². The highest BCUT2D eigenvalue weighted by atomic mass is 32.2. The number of ether oxygens (including phenoxy) is 2. The first-order valence-corrected chi connectivity index (χ1v) is 25.2. The number of morpholine rings is 1. The minimum atomic E-state index is -4.63. The molecule has 2 saturated carbocycles. The first-order valence-electron chi connectivity index (χ1n) is 23.8. The normalized spacial score (nSPS) is 22.8. The summed E-state index contributed by atoms with van der Waals surface area (Å²) in [5.41, 5.74) is 3.25. The molecule has 2 saturated heterocycles. The molecule has 2 aromatic carbocycles. The molecule has 0 radical (unpaired) electrons. The molecule has 1 amide bonds. The number of carbonyl (C=O) groups excluding carboxylic acids is 1. The number of aliphatic hydroxyl groups is 1. The highest BCUT2D eigenvalue weighted by molar-refractivity contribution is 7.90. The second-order valence-corrected chi connectivity index (χ2v) is 21.4. The number of pyridine rings is 2. The van der Waals surface area contributed by atoms with Crippen molar-refractivity contribution in [1.29, 1.82) is 0 Å². The van der Waals surface area contributed by atoms with E-state index in [-0.39, 0.29) is 34.5 Å². The highest BCUT2D eigenvalue weighted by Gasteiger charge is 2.42. The third-order valence-electron chi connectivity index (χ3n) is 15.0. The predicted octanol–water partition coefficient (Wildman–Crippen LogP) is 8.86. The molecule has 9 rings (SSSR count). The summed E-state index contributed by atoms with van der Waals surface area (Å²) in [6.45, 7) is 10.8. The van der Waals surface area contributed by atoms with Crippen molar-refractivity contribution in [3.8, 4) is 11.5 Å². The van der Waals surface area contributed by atoms with E-state index >= 15 is 0 Å². The summed E-state index contributed by atoms with van der Waals surface area (Å²) in [5, 5.41) is 26.2. The fourth-order valence-electron chi connectivity index (χ4n) is 10.9. The fourth-order valence-corrected chi connectivity index (χ4v) is 11.8. The third-order valence-corrected chi connectivity index (χ3v) is 16.2. The minimum absolute atomic E-state index is 0.0436. The maximum absolute atomic E-state index is 14.0. The highest BCUT2D eigenvalue weighted by Crippen LogP contribution is 2.48. The van der Waals surface area contributed by atoms with Gasteiger partial charge in [-0.15, -0.1) is 0 Å². The van der Waals surface area contributed by atoms with E-state index in [0.717, 1.165) is 94.7 Å². The first-order chi connectivity index (χ1) is 32.2. The van der Waals surface area contributed by atoms with E-state index in [1.807, 2.05) is 12.1 Å². The number of nitro groups is 1. The van der Waals surface area contributed by atoms with Gasteiger partial charge in [-0.25, -0.2) is 23.1 Å². The standard InChI is InChI=1S/C50H62N8O8S/c1-33(2)40-6-4-5-7-41(40)44-32-65-25-24-57(44)36-12-17-50(18-13-36)19-22-56(23-20-50)37-8-9-42(45(27-37)66-38-26-35-14-21-51-46(35)53-30-38)48(59)55-67(63,64)39-28-43(58(61)62)47(54-31-39)52-29-34-10-15-49(3,60)16-11-34/h4-9,14,21,26-28,30-31,33-34,36,44,60H,10-13,15-20,22-25,29,32H2,1-3H3,(H,51,53)(H,52,54)(H,55,59)/t34-,44-,49-/m1/s1. The molecule has 67 heavy (non-hydrogen) atoms. The SMILES string of the molecule is CC(C)c1ccccc1[C@H]1COCCN1C1CCC2(CC1)CCN(c1ccc(C(=O)NS(=O)(=O)c3cnc(NC[C@H]4CC[C@](C)(O)CC4)c([N+](=O)[O-])c3)c(Oc3cnc4[nH]ccc4c3)c1)CC2. The van der Waals surface area contributed by atoms with Crippen molar-refractivity contribution in [3.63, 3.8) is 0 Å². The number of rotatable bonds is 13. The molecule has 16 nitrogen and oxygen atoms in total.